The summed E-state index contributed by atoms with van der Waals surface area (Å²) in [5.74, 6) is -0.476. The fourth-order valence-corrected chi connectivity index (χ4v) is 2.18. The van der Waals surface area contributed by atoms with Crippen LogP contribution in [-0.4, -0.2) is 38.2 Å². The Morgan fingerprint density at radius 1 is 1.53 bits per heavy atom. The number of halogens is 1. The van der Waals surface area contributed by atoms with E-state index in [1.165, 1.54) is 19.2 Å². The van der Waals surface area contributed by atoms with Gasteiger partial charge in [-0.25, -0.2) is 4.39 Å². The van der Waals surface area contributed by atoms with Gasteiger partial charge in [-0.15, -0.1) is 0 Å². The molecule has 0 spiro atoms. The fraction of sp³-hybridized carbons (Fsp3) is 0.500. The van der Waals surface area contributed by atoms with Gasteiger partial charge in [0.15, 0.2) is 17.3 Å². The third kappa shape index (κ3) is 3.52. The third-order valence-electron chi connectivity index (χ3n) is 3.11. The van der Waals surface area contributed by atoms with E-state index in [0.29, 0.717) is 25.2 Å². The van der Waals surface area contributed by atoms with Gasteiger partial charge in [-0.1, -0.05) is 0 Å². The van der Waals surface area contributed by atoms with Crippen molar-refractivity contribution in [1.82, 2.24) is 5.32 Å². The summed E-state index contributed by atoms with van der Waals surface area (Å²) in [5, 5.41) is 3.29. The SMILES string of the molecule is COc1ccc(C(=O)CC2COCC(C)N2)cc1F. The van der Waals surface area contributed by atoms with Crippen LogP contribution in [0.15, 0.2) is 18.2 Å². The average molecular weight is 267 g/mol. The number of ketones is 1. The van der Waals surface area contributed by atoms with Gasteiger partial charge in [-0.05, 0) is 25.1 Å². The van der Waals surface area contributed by atoms with Gasteiger partial charge in [0, 0.05) is 24.1 Å². The maximum absolute atomic E-state index is 13.5. The first-order valence-electron chi connectivity index (χ1n) is 6.30. The molecule has 0 radical (unpaired) electrons. The minimum Gasteiger partial charge on any atom is -0.494 e. The molecule has 1 aliphatic heterocycles. The Balaban J connectivity index is 2.01. The Kier molecular flexibility index (Phi) is 4.50. The zero-order chi connectivity index (χ0) is 13.8. The molecule has 2 atom stereocenters. The van der Waals surface area contributed by atoms with Crippen molar-refractivity contribution >= 4 is 5.78 Å². The Bertz CT molecular complexity index is 464. The molecule has 0 amide bonds. The van der Waals surface area contributed by atoms with Crippen molar-refractivity contribution in [3.8, 4) is 5.75 Å². The predicted octanol–water partition coefficient (Wildman–Crippen LogP) is 1.78. The van der Waals surface area contributed by atoms with Crippen molar-refractivity contribution in [3.63, 3.8) is 0 Å². The molecular weight excluding hydrogens is 249 g/mol. The second-order valence-corrected chi connectivity index (χ2v) is 4.78. The van der Waals surface area contributed by atoms with Crippen LogP contribution in [0.2, 0.25) is 0 Å². The van der Waals surface area contributed by atoms with Gasteiger partial charge in [0.2, 0.25) is 0 Å². The van der Waals surface area contributed by atoms with Crippen molar-refractivity contribution < 1.29 is 18.7 Å². The molecule has 1 N–H and O–H groups in total. The Hall–Kier alpha value is -1.46. The van der Waals surface area contributed by atoms with Crippen molar-refractivity contribution in [1.29, 1.82) is 0 Å². The molecule has 1 aliphatic rings. The summed E-state index contributed by atoms with van der Waals surface area (Å²) in [6, 6.07) is 4.49. The van der Waals surface area contributed by atoms with Crippen molar-refractivity contribution in [2.45, 2.75) is 25.4 Å². The summed E-state index contributed by atoms with van der Waals surface area (Å²) in [6.45, 7) is 3.17. The lowest BCUT2D eigenvalue weighted by atomic mass is 10.0. The van der Waals surface area contributed by atoms with Crippen molar-refractivity contribution in [2.75, 3.05) is 20.3 Å². The van der Waals surface area contributed by atoms with E-state index in [-0.39, 0.29) is 23.6 Å². The number of ether oxygens (including phenoxy) is 2. The number of carbonyl (C=O) groups is 1. The van der Waals surface area contributed by atoms with Crippen molar-refractivity contribution in [2.24, 2.45) is 0 Å². The topological polar surface area (TPSA) is 47.6 Å². The lowest BCUT2D eigenvalue weighted by Crippen LogP contribution is -2.48. The molecule has 0 saturated carbocycles. The summed E-state index contributed by atoms with van der Waals surface area (Å²) in [7, 11) is 1.39. The lowest BCUT2D eigenvalue weighted by molar-refractivity contribution is 0.0463. The lowest BCUT2D eigenvalue weighted by Gasteiger charge is -2.28. The third-order valence-corrected chi connectivity index (χ3v) is 3.11. The molecule has 5 heteroatoms. The van der Waals surface area contributed by atoms with Gasteiger partial charge in [0.05, 0.1) is 20.3 Å². The summed E-state index contributed by atoms with van der Waals surface area (Å²) < 4.78 is 23.7. The monoisotopic (exact) mass is 267 g/mol. The van der Waals surface area contributed by atoms with Gasteiger partial charge in [0.25, 0.3) is 0 Å². The number of Topliss-reactive ketones (excluding diaryl/α,β-unsaturated/α-hetero) is 1. The molecule has 0 bridgehead atoms. The molecule has 0 aromatic heterocycles. The number of morpholine rings is 1. The van der Waals surface area contributed by atoms with Gasteiger partial charge >= 0.3 is 0 Å². The van der Waals surface area contributed by atoms with Gasteiger partial charge in [-0.2, -0.15) is 0 Å². The first-order valence-corrected chi connectivity index (χ1v) is 6.30. The number of methoxy groups -OCH3 is 1. The molecule has 2 rings (SSSR count). The number of benzene rings is 1. The first-order chi connectivity index (χ1) is 9.10. The molecule has 4 nitrogen and oxygen atoms in total. The van der Waals surface area contributed by atoms with Crippen LogP contribution in [0.3, 0.4) is 0 Å². The number of hydrogen-bond donors (Lipinski definition) is 1. The fourth-order valence-electron chi connectivity index (χ4n) is 2.18. The predicted molar refractivity (Wildman–Crippen MR) is 69.1 cm³/mol. The van der Waals surface area contributed by atoms with Gasteiger partial charge < -0.3 is 14.8 Å². The Morgan fingerprint density at radius 2 is 2.32 bits per heavy atom. The van der Waals surface area contributed by atoms with Crippen molar-refractivity contribution in [3.05, 3.63) is 29.6 Å². The first kappa shape index (κ1) is 14.0. The highest BCUT2D eigenvalue weighted by molar-refractivity contribution is 5.96. The normalized spacial score (nSPS) is 23.1. The van der Waals surface area contributed by atoms with E-state index in [1.807, 2.05) is 6.92 Å². The molecule has 1 fully saturated rings. The molecular formula is C14H18FNO3. The number of carbonyl (C=O) groups excluding carboxylic acids is 1. The van der Waals surface area contributed by atoms with Crippen LogP contribution in [0, 0.1) is 5.82 Å². The second kappa shape index (κ2) is 6.12. The zero-order valence-corrected chi connectivity index (χ0v) is 11.1. The van der Waals surface area contributed by atoms with Gasteiger partial charge in [-0.3, -0.25) is 4.79 Å². The van der Waals surface area contributed by atoms with E-state index in [2.05, 4.69) is 5.32 Å². The highest BCUT2D eigenvalue weighted by Gasteiger charge is 2.22. The van der Waals surface area contributed by atoms with Crippen LogP contribution in [0.1, 0.15) is 23.7 Å². The molecule has 19 heavy (non-hydrogen) atoms. The Morgan fingerprint density at radius 3 is 2.95 bits per heavy atom. The van der Waals surface area contributed by atoms with Crippen LogP contribution in [-0.2, 0) is 4.74 Å². The van der Waals surface area contributed by atoms with E-state index in [4.69, 9.17) is 9.47 Å². The average Bonchev–Trinajstić information content (AvgIpc) is 2.38. The highest BCUT2D eigenvalue weighted by atomic mass is 19.1. The number of nitrogens with one attached hydrogen (secondary N) is 1. The van der Waals surface area contributed by atoms with Crippen LogP contribution in [0.4, 0.5) is 4.39 Å². The largest absolute Gasteiger partial charge is 0.494 e. The maximum atomic E-state index is 13.5. The van der Waals surface area contributed by atoms with E-state index >= 15 is 0 Å². The maximum Gasteiger partial charge on any atom is 0.165 e. The van der Waals surface area contributed by atoms with E-state index in [1.54, 1.807) is 6.07 Å². The number of rotatable bonds is 4. The standard InChI is InChI=1S/C14H18FNO3/c1-9-7-19-8-11(16-9)6-13(17)10-3-4-14(18-2)12(15)5-10/h3-5,9,11,16H,6-8H2,1-2H3. The molecule has 2 unspecified atom stereocenters. The Labute approximate surface area is 111 Å². The van der Waals surface area contributed by atoms with E-state index in [9.17, 15) is 9.18 Å². The molecule has 1 saturated heterocycles. The molecule has 1 heterocycles. The van der Waals surface area contributed by atoms with Gasteiger partial charge in [0.1, 0.15) is 0 Å². The number of hydrogen-bond acceptors (Lipinski definition) is 4. The molecule has 0 aliphatic carbocycles. The van der Waals surface area contributed by atoms with Crippen LogP contribution < -0.4 is 10.1 Å². The zero-order valence-electron chi connectivity index (χ0n) is 11.1. The van der Waals surface area contributed by atoms with E-state index < -0.39 is 5.82 Å². The quantitative estimate of drug-likeness (QED) is 0.845. The summed E-state index contributed by atoms with van der Waals surface area (Å²) in [5.41, 5.74) is 0.360. The molecule has 1 aromatic rings. The van der Waals surface area contributed by atoms with E-state index in [0.717, 1.165) is 0 Å². The van der Waals surface area contributed by atoms with Crippen LogP contribution >= 0.6 is 0 Å². The summed E-state index contributed by atoms with van der Waals surface area (Å²) in [6.07, 6.45) is 0.302. The summed E-state index contributed by atoms with van der Waals surface area (Å²) >= 11 is 0. The highest BCUT2D eigenvalue weighted by Crippen LogP contribution is 2.19. The van der Waals surface area contributed by atoms with Crippen LogP contribution in [0.25, 0.3) is 0 Å². The smallest absolute Gasteiger partial charge is 0.165 e. The van der Waals surface area contributed by atoms with Crippen LogP contribution in [0.5, 0.6) is 5.75 Å². The molecule has 1 aromatic carbocycles. The minimum absolute atomic E-state index is 0.0126. The second-order valence-electron chi connectivity index (χ2n) is 4.78. The molecule has 104 valence electrons. The minimum atomic E-state index is -0.519. The summed E-state index contributed by atoms with van der Waals surface area (Å²) in [4.78, 5) is 12.1.